The summed E-state index contributed by atoms with van der Waals surface area (Å²) in [6, 6.07) is 0. The van der Waals surface area contributed by atoms with Crippen LogP contribution in [0.1, 0.15) is 27.2 Å². The maximum atomic E-state index is 5.14. The third-order valence-corrected chi connectivity index (χ3v) is 1.39. The highest BCUT2D eigenvalue weighted by Gasteiger charge is 1.86. The summed E-state index contributed by atoms with van der Waals surface area (Å²) in [5.41, 5.74) is 2.39. The highest BCUT2D eigenvalue weighted by Crippen LogP contribution is 2.04. The second-order valence-electron chi connectivity index (χ2n) is 1.90. The normalized spacial score (nSPS) is 12.2. The number of rotatable bonds is 1. The van der Waals surface area contributed by atoms with Gasteiger partial charge in [-0.2, -0.15) is 0 Å². The van der Waals surface area contributed by atoms with Crippen molar-refractivity contribution in [2.75, 3.05) is 0 Å². The summed E-state index contributed by atoms with van der Waals surface area (Å²) in [4.78, 5) is 0. The molecule has 0 rings (SSSR count). The van der Waals surface area contributed by atoms with Gasteiger partial charge in [0.2, 0.25) is 0 Å². The molecular weight excluding hydrogens is 96.1 g/mol. The second kappa shape index (κ2) is 3.32. The van der Waals surface area contributed by atoms with Gasteiger partial charge in [0.25, 0.3) is 0 Å². The van der Waals surface area contributed by atoms with Crippen LogP contribution in [0.5, 0.6) is 0 Å². The lowest BCUT2D eigenvalue weighted by atomic mass is 10.1. The van der Waals surface area contributed by atoms with Gasteiger partial charge < -0.3 is 0 Å². The summed E-state index contributed by atoms with van der Waals surface area (Å²) in [6.07, 6.45) is 6.21. The lowest BCUT2D eigenvalue weighted by Gasteiger charge is -1.94. The molecule has 0 saturated heterocycles. The molecule has 0 spiro atoms. The number of terminal acetylenes is 1. The van der Waals surface area contributed by atoms with E-state index in [4.69, 9.17) is 6.42 Å². The summed E-state index contributed by atoms with van der Waals surface area (Å²) in [6.45, 7) is 6.14. The monoisotopic (exact) mass is 108 g/mol. The quantitative estimate of drug-likeness (QED) is 0.452. The Morgan fingerprint density at radius 3 is 2.12 bits per heavy atom. The first-order chi connectivity index (χ1) is 3.72. The van der Waals surface area contributed by atoms with Crippen LogP contribution in [0.15, 0.2) is 11.1 Å². The molecule has 8 heavy (non-hydrogen) atoms. The number of hydrogen-bond acceptors (Lipinski definition) is 0. The van der Waals surface area contributed by atoms with Crippen molar-refractivity contribution in [1.29, 1.82) is 0 Å². The highest BCUT2D eigenvalue weighted by atomic mass is 13.9. The summed E-state index contributed by atoms with van der Waals surface area (Å²) in [5.74, 6) is 2.60. The largest absolute Gasteiger partial charge is 0.115 e. The standard InChI is InChI=1S/C8H12/c1-5-7(3)8(4)6-2/h1H,6H2,2-4H3. The van der Waals surface area contributed by atoms with Gasteiger partial charge in [-0.3, -0.25) is 0 Å². The van der Waals surface area contributed by atoms with Gasteiger partial charge >= 0.3 is 0 Å². The van der Waals surface area contributed by atoms with Gasteiger partial charge in [0.15, 0.2) is 0 Å². The predicted molar refractivity (Wildman–Crippen MR) is 37.5 cm³/mol. The average Bonchev–Trinajstić information content (AvgIpc) is 1.84. The Balaban J connectivity index is 4.10. The van der Waals surface area contributed by atoms with Crippen LogP contribution in [0.4, 0.5) is 0 Å². The lowest BCUT2D eigenvalue weighted by Crippen LogP contribution is -1.76. The Morgan fingerprint density at radius 2 is 2.00 bits per heavy atom. The molecule has 0 aliphatic carbocycles. The van der Waals surface area contributed by atoms with E-state index in [9.17, 15) is 0 Å². The molecule has 0 radical (unpaired) electrons. The van der Waals surface area contributed by atoms with Crippen LogP contribution in [0.25, 0.3) is 0 Å². The van der Waals surface area contributed by atoms with Crippen molar-refractivity contribution in [3.05, 3.63) is 11.1 Å². The van der Waals surface area contributed by atoms with Gasteiger partial charge in [0.05, 0.1) is 0 Å². The minimum absolute atomic E-state index is 1.07. The van der Waals surface area contributed by atoms with Crippen molar-refractivity contribution in [3.63, 3.8) is 0 Å². The zero-order valence-electron chi connectivity index (χ0n) is 5.78. The van der Waals surface area contributed by atoms with Crippen LogP contribution in [-0.2, 0) is 0 Å². The van der Waals surface area contributed by atoms with Crippen molar-refractivity contribution >= 4 is 0 Å². The number of hydrogen-bond donors (Lipinski definition) is 0. The molecule has 0 N–H and O–H groups in total. The maximum absolute atomic E-state index is 5.14. The third-order valence-electron chi connectivity index (χ3n) is 1.39. The molecule has 0 fully saturated rings. The molecule has 0 heteroatoms. The van der Waals surface area contributed by atoms with Gasteiger partial charge in [-0.05, 0) is 25.8 Å². The first kappa shape index (κ1) is 7.30. The van der Waals surface area contributed by atoms with Crippen LogP contribution in [-0.4, -0.2) is 0 Å². The van der Waals surface area contributed by atoms with E-state index in [2.05, 4.69) is 19.8 Å². The molecular formula is C8H12. The van der Waals surface area contributed by atoms with Gasteiger partial charge in [0, 0.05) is 0 Å². The molecule has 0 nitrogen and oxygen atoms in total. The number of allylic oxidation sites excluding steroid dienone is 2. The fourth-order valence-electron chi connectivity index (χ4n) is 0.388. The second-order valence-corrected chi connectivity index (χ2v) is 1.90. The first-order valence-corrected chi connectivity index (χ1v) is 2.85. The van der Waals surface area contributed by atoms with E-state index in [-0.39, 0.29) is 0 Å². The molecule has 0 saturated carbocycles. The van der Waals surface area contributed by atoms with Gasteiger partial charge in [0.1, 0.15) is 0 Å². The van der Waals surface area contributed by atoms with Crippen molar-refractivity contribution in [2.24, 2.45) is 0 Å². The SMILES string of the molecule is C#CC(C)=C(C)CC. The Kier molecular flexibility index (Phi) is 3.03. The molecule has 0 amide bonds. The molecule has 0 aromatic carbocycles. The van der Waals surface area contributed by atoms with E-state index >= 15 is 0 Å². The molecule has 0 bridgehead atoms. The van der Waals surface area contributed by atoms with Crippen LogP contribution in [0.2, 0.25) is 0 Å². The zero-order chi connectivity index (χ0) is 6.57. The Bertz CT molecular complexity index is 133. The lowest BCUT2D eigenvalue weighted by molar-refractivity contribution is 1.08. The van der Waals surface area contributed by atoms with Gasteiger partial charge in [-0.1, -0.05) is 18.4 Å². The van der Waals surface area contributed by atoms with Crippen LogP contribution in [0.3, 0.4) is 0 Å². The van der Waals surface area contributed by atoms with Crippen molar-refractivity contribution in [1.82, 2.24) is 0 Å². The smallest absolute Gasteiger partial charge is 0.00243 e. The molecule has 44 valence electrons. The van der Waals surface area contributed by atoms with E-state index in [1.807, 2.05) is 6.92 Å². The molecule has 0 aromatic heterocycles. The van der Waals surface area contributed by atoms with Crippen molar-refractivity contribution in [3.8, 4) is 12.3 Å². The Morgan fingerprint density at radius 1 is 1.50 bits per heavy atom. The molecule has 0 aliphatic rings. The molecule has 0 aromatic rings. The van der Waals surface area contributed by atoms with E-state index in [0.717, 1.165) is 12.0 Å². The van der Waals surface area contributed by atoms with Crippen LogP contribution >= 0.6 is 0 Å². The first-order valence-electron chi connectivity index (χ1n) is 2.85. The van der Waals surface area contributed by atoms with E-state index in [1.54, 1.807) is 0 Å². The highest BCUT2D eigenvalue weighted by molar-refractivity contribution is 5.27. The van der Waals surface area contributed by atoms with Crippen LogP contribution in [0, 0.1) is 12.3 Å². The summed E-state index contributed by atoms with van der Waals surface area (Å²) < 4.78 is 0. The van der Waals surface area contributed by atoms with Crippen LogP contribution < -0.4 is 0 Å². The molecule has 0 unspecified atom stereocenters. The summed E-state index contributed by atoms with van der Waals surface area (Å²) >= 11 is 0. The summed E-state index contributed by atoms with van der Waals surface area (Å²) in [7, 11) is 0. The minimum Gasteiger partial charge on any atom is -0.115 e. The zero-order valence-corrected chi connectivity index (χ0v) is 5.78. The molecule has 0 heterocycles. The topological polar surface area (TPSA) is 0 Å². The minimum atomic E-state index is 1.07. The third kappa shape index (κ3) is 1.84. The Hall–Kier alpha value is -0.700. The van der Waals surface area contributed by atoms with Gasteiger partial charge in [-0.25, -0.2) is 0 Å². The van der Waals surface area contributed by atoms with E-state index in [1.165, 1.54) is 5.57 Å². The van der Waals surface area contributed by atoms with E-state index < -0.39 is 0 Å². The fourth-order valence-corrected chi connectivity index (χ4v) is 0.388. The maximum Gasteiger partial charge on any atom is -0.00243 e. The van der Waals surface area contributed by atoms with E-state index in [0.29, 0.717) is 0 Å². The average molecular weight is 108 g/mol. The molecule has 0 aliphatic heterocycles. The van der Waals surface area contributed by atoms with Crippen molar-refractivity contribution in [2.45, 2.75) is 27.2 Å². The molecule has 0 atom stereocenters. The van der Waals surface area contributed by atoms with Crippen molar-refractivity contribution < 1.29 is 0 Å². The predicted octanol–water partition coefficient (Wildman–Crippen LogP) is 2.37. The fraction of sp³-hybridized carbons (Fsp3) is 0.500. The Labute approximate surface area is 51.6 Å². The summed E-state index contributed by atoms with van der Waals surface area (Å²) in [5, 5.41) is 0. The van der Waals surface area contributed by atoms with Gasteiger partial charge in [-0.15, -0.1) is 6.42 Å².